The van der Waals surface area contributed by atoms with Gasteiger partial charge in [-0.15, -0.1) is 11.6 Å². The lowest BCUT2D eigenvalue weighted by Gasteiger charge is -2.27. The zero-order valence-electron chi connectivity index (χ0n) is 9.00. The first kappa shape index (κ1) is 11.9. The summed E-state index contributed by atoms with van der Waals surface area (Å²) in [5.74, 6) is 0. The molecule has 1 aromatic rings. The van der Waals surface area contributed by atoms with E-state index in [1.165, 1.54) is 21.4 Å². The van der Waals surface area contributed by atoms with Crippen LogP contribution in [0.15, 0.2) is 17.3 Å². The number of sulfonamides is 1. The Morgan fingerprint density at radius 1 is 1.44 bits per heavy atom. The number of aromatic nitrogens is 2. The van der Waals surface area contributed by atoms with E-state index in [0.717, 1.165) is 0 Å². The molecule has 0 bridgehead atoms. The summed E-state index contributed by atoms with van der Waals surface area (Å²) in [4.78, 5) is 0.253. The molecule has 2 heterocycles. The maximum atomic E-state index is 12.1. The molecule has 1 aromatic heterocycles. The Morgan fingerprint density at radius 3 is 2.56 bits per heavy atom. The smallest absolute Gasteiger partial charge is 0.246 e. The van der Waals surface area contributed by atoms with Crippen LogP contribution in [0.2, 0.25) is 0 Å². The van der Waals surface area contributed by atoms with Crippen LogP contribution in [0.3, 0.4) is 0 Å². The number of piperidine rings is 1. The second-order valence-corrected chi connectivity index (χ2v) is 6.48. The van der Waals surface area contributed by atoms with Gasteiger partial charge in [0.2, 0.25) is 10.0 Å². The van der Waals surface area contributed by atoms with Crippen molar-refractivity contribution in [2.75, 3.05) is 13.1 Å². The minimum absolute atomic E-state index is 0.0975. The minimum Gasteiger partial charge on any atom is -0.274 e. The van der Waals surface area contributed by atoms with Crippen molar-refractivity contribution in [2.45, 2.75) is 23.1 Å². The second kappa shape index (κ2) is 4.35. The lowest BCUT2D eigenvalue weighted by molar-refractivity contribution is 0.350. The topological polar surface area (TPSA) is 55.2 Å². The van der Waals surface area contributed by atoms with E-state index in [0.29, 0.717) is 25.9 Å². The zero-order valence-corrected chi connectivity index (χ0v) is 10.6. The van der Waals surface area contributed by atoms with Crippen LogP contribution in [0.25, 0.3) is 0 Å². The van der Waals surface area contributed by atoms with Crippen molar-refractivity contribution in [3.63, 3.8) is 0 Å². The van der Waals surface area contributed by atoms with Crippen LogP contribution in [-0.2, 0) is 17.1 Å². The fourth-order valence-corrected chi connectivity index (χ4v) is 3.40. The molecule has 0 spiro atoms. The Kier molecular flexibility index (Phi) is 3.23. The van der Waals surface area contributed by atoms with Crippen LogP contribution in [0.5, 0.6) is 0 Å². The van der Waals surface area contributed by atoms with Crippen molar-refractivity contribution in [2.24, 2.45) is 7.05 Å². The van der Waals surface area contributed by atoms with Gasteiger partial charge in [-0.2, -0.15) is 9.40 Å². The average Bonchev–Trinajstić information content (AvgIpc) is 2.66. The van der Waals surface area contributed by atoms with Gasteiger partial charge >= 0.3 is 0 Å². The maximum Gasteiger partial charge on any atom is 0.246 e. The van der Waals surface area contributed by atoms with Crippen LogP contribution in [0.1, 0.15) is 12.8 Å². The van der Waals surface area contributed by atoms with E-state index in [-0.39, 0.29) is 10.3 Å². The van der Waals surface area contributed by atoms with Crippen molar-refractivity contribution < 1.29 is 8.42 Å². The Morgan fingerprint density at radius 2 is 2.06 bits per heavy atom. The van der Waals surface area contributed by atoms with Gasteiger partial charge < -0.3 is 0 Å². The predicted molar refractivity (Wildman–Crippen MR) is 60.8 cm³/mol. The van der Waals surface area contributed by atoms with Crippen LogP contribution >= 0.6 is 11.6 Å². The highest BCUT2D eigenvalue weighted by Gasteiger charge is 2.29. The first-order chi connectivity index (χ1) is 7.50. The van der Waals surface area contributed by atoms with Crippen molar-refractivity contribution in [3.05, 3.63) is 12.4 Å². The lowest BCUT2D eigenvalue weighted by Crippen LogP contribution is -2.38. The van der Waals surface area contributed by atoms with Gasteiger partial charge in [-0.25, -0.2) is 8.42 Å². The molecule has 1 aliphatic rings. The summed E-state index contributed by atoms with van der Waals surface area (Å²) in [6.45, 7) is 0.983. The van der Waals surface area contributed by atoms with E-state index in [2.05, 4.69) is 5.10 Å². The molecule has 0 N–H and O–H groups in total. The number of aryl methyl sites for hydroxylation is 1. The average molecular weight is 264 g/mol. The van der Waals surface area contributed by atoms with E-state index in [1.54, 1.807) is 7.05 Å². The molecule has 0 unspecified atom stereocenters. The van der Waals surface area contributed by atoms with Crippen LogP contribution < -0.4 is 0 Å². The molecule has 2 rings (SSSR count). The molecule has 0 amide bonds. The van der Waals surface area contributed by atoms with Crippen LogP contribution in [-0.4, -0.2) is 41.0 Å². The summed E-state index contributed by atoms with van der Waals surface area (Å²) in [5, 5.41) is 3.98. The Bertz CT molecular complexity index is 463. The van der Waals surface area contributed by atoms with Crippen molar-refractivity contribution in [1.29, 1.82) is 0 Å². The van der Waals surface area contributed by atoms with Gasteiger partial charge in [-0.3, -0.25) is 4.68 Å². The first-order valence-corrected chi connectivity index (χ1v) is 7.00. The summed E-state index contributed by atoms with van der Waals surface area (Å²) < 4.78 is 27.2. The summed E-state index contributed by atoms with van der Waals surface area (Å²) in [6, 6.07) is 0. The lowest BCUT2D eigenvalue weighted by atomic mass is 10.2. The molecule has 0 aliphatic carbocycles. The largest absolute Gasteiger partial charge is 0.274 e. The molecule has 0 atom stereocenters. The molecule has 1 aliphatic heterocycles. The number of hydrogen-bond donors (Lipinski definition) is 0. The highest BCUT2D eigenvalue weighted by Crippen LogP contribution is 2.22. The summed E-state index contributed by atoms with van der Waals surface area (Å²) >= 11 is 5.94. The van der Waals surface area contributed by atoms with Gasteiger partial charge in [0.05, 0.1) is 6.20 Å². The predicted octanol–water partition coefficient (Wildman–Crippen LogP) is 0.812. The van der Waals surface area contributed by atoms with Gasteiger partial charge in [-0.05, 0) is 12.8 Å². The number of rotatable bonds is 2. The van der Waals surface area contributed by atoms with E-state index in [1.807, 2.05) is 0 Å². The van der Waals surface area contributed by atoms with Gasteiger partial charge in [0, 0.05) is 31.7 Å². The zero-order chi connectivity index (χ0) is 11.8. The second-order valence-electron chi connectivity index (χ2n) is 3.93. The number of halogens is 1. The molecule has 1 saturated heterocycles. The molecule has 0 saturated carbocycles. The SMILES string of the molecule is Cn1cc(S(=O)(=O)N2CCC(Cl)CC2)cn1. The fourth-order valence-electron chi connectivity index (χ4n) is 1.75. The monoisotopic (exact) mass is 263 g/mol. The van der Waals surface area contributed by atoms with Crippen molar-refractivity contribution in [1.82, 2.24) is 14.1 Å². The Labute approximate surface area is 100 Å². The highest BCUT2D eigenvalue weighted by atomic mass is 35.5. The van der Waals surface area contributed by atoms with Gasteiger partial charge in [0.1, 0.15) is 4.90 Å². The molecule has 0 radical (unpaired) electrons. The third kappa shape index (κ3) is 2.23. The number of hydrogen-bond acceptors (Lipinski definition) is 3. The van der Waals surface area contributed by atoms with Crippen molar-refractivity contribution in [3.8, 4) is 0 Å². The molecule has 90 valence electrons. The summed E-state index contributed by atoms with van der Waals surface area (Å²) in [5.41, 5.74) is 0. The van der Waals surface area contributed by atoms with E-state index in [9.17, 15) is 8.42 Å². The van der Waals surface area contributed by atoms with Gasteiger partial charge in [0.15, 0.2) is 0 Å². The number of nitrogens with zero attached hydrogens (tertiary/aromatic N) is 3. The molecular formula is C9H14ClN3O2S. The van der Waals surface area contributed by atoms with Crippen molar-refractivity contribution >= 4 is 21.6 Å². The minimum atomic E-state index is -3.37. The first-order valence-electron chi connectivity index (χ1n) is 5.13. The molecule has 16 heavy (non-hydrogen) atoms. The van der Waals surface area contributed by atoms with E-state index < -0.39 is 10.0 Å². The molecular weight excluding hydrogens is 250 g/mol. The maximum absolute atomic E-state index is 12.1. The third-order valence-corrected chi connectivity index (χ3v) is 4.99. The van der Waals surface area contributed by atoms with Gasteiger partial charge in [-0.1, -0.05) is 0 Å². The Balaban J connectivity index is 2.20. The highest BCUT2D eigenvalue weighted by molar-refractivity contribution is 7.89. The summed E-state index contributed by atoms with van der Waals surface area (Å²) in [6.07, 6.45) is 4.31. The van der Waals surface area contributed by atoms with Gasteiger partial charge in [0.25, 0.3) is 0 Å². The normalized spacial score (nSPS) is 20.1. The molecule has 7 heteroatoms. The molecule has 0 aromatic carbocycles. The fraction of sp³-hybridized carbons (Fsp3) is 0.667. The molecule has 1 fully saturated rings. The number of alkyl halides is 1. The van der Waals surface area contributed by atoms with Crippen LogP contribution in [0.4, 0.5) is 0 Å². The Hall–Kier alpha value is -0.590. The van der Waals surface area contributed by atoms with Crippen LogP contribution in [0, 0.1) is 0 Å². The molecule has 5 nitrogen and oxygen atoms in total. The van der Waals surface area contributed by atoms with E-state index >= 15 is 0 Å². The standard InChI is InChI=1S/C9H14ClN3O2S/c1-12-7-9(6-11-12)16(14,15)13-4-2-8(10)3-5-13/h6-8H,2-5H2,1H3. The third-order valence-electron chi connectivity index (χ3n) is 2.70. The van der Waals surface area contributed by atoms with E-state index in [4.69, 9.17) is 11.6 Å². The quantitative estimate of drug-likeness (QED) is 0.742. The summed E-state index contributed by atoms with van der Waals surface area (Å²) in [7, 11) is -1.67.